The topological polar surface area (TPSA) is 50.7 Å². The maximum absolute atomic E-state index is 11.7. The van der Waals surface area contributed by atoms with Crippen LogP contribution < -0.4 is 10.2 Å². The Morgan fingerprint density at radius 1 is 1.22 bits per heavy atom. The Kier molecular flexibility index (Phi) is 6.63. The summed E-state index contributed by atoms with van der Waals surface area (Å²) >= 11 is 6.00. The monoisotopic (exact) mass is 330 g/mol. The number of carbonyl (C=O) groups is 1. The van der Waals surface area contributed by atoms with Crippen LogP contribution in [0.3, 0.4) is 0 Å². The normalized spacial score (nSPS) is 10.7. The molecule has 2 rings (SSSR count). The summed E-state index contributed by atoms with van der Waals surface area (Å²) < 4.78 is 5.11. The molecule has 0 fully saturated rings. The van der Waals surface area contributed by atoms with E-state index in [9.17, 15) is 4.79 Å². The van der Waals surface area contributed by atoms with E-state index >= 15 is 0 Å². The van der Waals surface area contributed by atoms with Gasteiger partial charge in [-0.05, 0) is 36.6 Å². The molecule has 0 saturated heterocycles. The van der Waals surface area contributed by atoms with E-state index in [1.807, 2.05) is 42.5 Å². The number of carbonyl (C=O) groups excluding carboxylic acids is 1. The van der Waals surface area contributed by atoms with Crippen molar-refractivity contribution in [2.75, 3.05) is 7.11 Å². The fraction of sp³-hybridized carbons (Fsp3) is 0.222. The van der Waals surface area contributed by atoms with Crippen molar-refractivity contribution in [3.8, 4) is 5.75 Å². The van der Waals surface area contributed by atoms with Gasteiger partial charge >= 0.3 is 0 Å². The lowest BCUT2D eigenvalue weighted by molar-refractivity contribution is -0.121. The maximum atomic E-state index is 11.7. The van der Waals surface area contributed by atoms with Crippen LogP contribution in [0.15, 0.2) is 53.6 Å². The SMILES string of the molecule is COc1ccc(CCCC(=O)NN=Cc2ccccc2Cl)cc1. The van der Waals surface area contributed by atoms with Crippen LogP contribution in [0.2, 0.25) is 5.02 Å². The zero-order valence-electron chi connectivity index (χ0n) is 13.0. The van der Waals surface area contributed by atoms with Crippen LogP contribution >= 0.6 is 11.6 Å². The van der Waals surface area contributed by atoms with Gasteiger partial charge < -0.3 is 4.74 Å². The number of halogens is 1. The summed E-state index contributed by atoms with van der Waals surface area (Å²) in [7, 11) is 1.64. The molecule has 0 spiro atoms. The fourth-order valence-corrected chi connectivity index (χ4v) is 2.24. The molecule has 0 aromatic heterocycles. The quantitative estimate of drug-likeness (QED) is 0.619. The number of benzene rings is 2. The van der Waals surface area contributed by atoms with E-state index in [4.69, 9.17) is 16.3 Å². The molecule has 23 heavy (non-hydrogen) atoms. The lowest BCUT2D eigenvalue weighted by atomic mass is 10.1. The van der Waals surface area contributed by atoms with Crippen molar-refractivity contribution in [2.45, 2.75) is 19.3 Å². The van der Waals surface area contributed by atoms with Gasteiger partial charge in [-0.25, -0.2) is 5.43 Å². The summed E-state index contributed by atoms with van der Waals surface area (Å²) in [6, 6.07) is 15.2. The van der Waals surface area contributed by atoms with Gasteiger partial charge in [-0.1, -0.05) is 41.9 Å². The summed E-state index contributed by atoms with van der Waals surface area (Å²) in [4.78, 5) is 11.7. The molecule has 0 aliphatic heterocycles. The minimum Gasteiger partial charge on any atom is -0.497 e. The Hall–Kier alpha value is -2.33. The Balaban J connectivity index is 1.71. The van der Waals surface area contributed by atoms with Crippen LogP contribution in [0.4, 0.5) is 0 Å². The third-order valence-corrected chi connectivity index (χ3v) is 3.67. The van der Waals surface area contributed by atoms with Crippen LogP contribution in [0, 0.1) is 0 Å². The number of hydrogen-bond acceptors (Lipinski definition) is 3. The largest absolute Gasteiger partial charge is 0.497 e. The van der Waals surface area contributed by atoms with Crippen molar-refractivity contribution in [3.63, 3.8) is 0 Å². The highest BCUT2D eigenvalue weighted by atomic mass is 35.5. The van der Waals surface area contributed by atoms with Gasteiger partial charge in [0.1, 0.15) is 5.75 Å². The van der Waals surface area contributed by atoms with E-state index in [2.05, 4.69) is 10.5 Å². The summed E-state index contributed by atoms with van der Waals surface area (Å²) in [6.45, 7) is 0. The number of rotatable bonds is 7. The van der Waals surface area contributed by atoms with Crippen molar-refractivity contribution in [1.82, 2.24) is 5.43 Å². The van der Waals surface area contributed by atoms with Crippen LogP contribution in [0.25, 0.3) is 0 Å². The van der Waals surface area contributed by atoms with Crippen LogP contribution in [0.1, 0.15) is 24.0 Å². The second kappa shape index (κ2) is 8.96. The van der Waals surface area contributed by atoms with E-state index < -0.39 is 0 Å². The average molecular weight is 331 g/mol. The summed E-state index contributed by atoms with van der Waals surface area (Å²) in [6.07, 6.45) is 3.57. The lowest BCUT2D eigenvalue weighted by Crippen LogP contribution is -2.17. The lowest BCUT2D eigenvalue weighted by Gasteiger charge is -2.03. The smallest absolute Gasteiger partial charge is 0.240 e. The standard InChI is InChI=1S/C18H19ClN2O2/c1-23-16-11-9-14(10-12-16)5-4-8-18(22)21-20-13-15-6-2-3-7-17(15)19/h2-3,6-7,9-13H,4-5,8H2,1H3,(H,21,22). The summed E-state index contributed by atoms with van der Waals surface area (Å²) in [5, 5.41) is 4.53. The number of aryl methyl sites for hydroxylation is 1. The van der Waals surface area contributed by atoms with Crippen molar-refractivity contribution < 1.29 is 9.53 Å². The molecular formula is C18H19ClN2O2. The number of amides is 1. The number of hydrazone groups is 1. The number of ether oxygens (including phenoxy) is 1. The number of methoxy groups -OCH3 is 1. The molecule has 0 saturated carbocycles. The van der Waals surface area contributed by atoms with Gasteiger partial charge in [-0.2, -0.15) is 5.10 Å². The van der Waals surface area contributed by atoms with Gasteiger partial charge in [0, 0.05) is 17.0 Å². The Labute approximate surface area is 141 Å². The maximum Gasteiger partial charge on any atom is 0.240 e. The average Bonchev–Trinajstić information content (AvgIpc) is 2.57. The third kappa shape index (κ3) is 5.75. The van der Waals surface area contributed by atoms with Gasteiger partial charge in [-0.15, -0.1) is 0 Å². The first-order chi connectivity index (χ1) is 11.2. The minimum atomic E-state index is -0.109. The second-order valence-corrected chi connectivity index (χ2v) is 5.42. The fourth-order valence-electron chi connectivity index (χ4n) is 2.05. The van der Waals surface area contributed by atoms with Gasteiger partial charge in [0.2, 0.25) is 5.91 Å². The molecule has 1 N–H and O–H groups in total. The molecule has 0 radical (unpaired) electrons. The number of nitrogens with one attached hydrogen (secondary N) is 1. The van der Waals surface area contributed by atoms with Crippen molar-refractivity contribution in [3.05, 3.63) is 64.7 Å². The van der Waals surface area contributed by atoms with Crippen LogP contribution in [0.5, 0.6) is 5.75 Å². The third-order valence-electron chi connectivity index (χ3n) is 3.33. The van der Waals surface area contributed by atoms with E-state index in [1.54, 1.807) is 19.4 Å². The predicted molar refractivity (Wildman–Crippen MR) is 93.1 cm³/mol. The van der Waals surface area contributed by atoms with Crippen molar-refractivity contribution >= 4 is 23.7 Å². The van der Waals surface area contributed by atoms with Gasteiger partial charge in [0.05, 0.1) is 13.3 Å². The molecule has 0 unspecified atom stereocenters. The molecule has 0 heterocycles. The van der Waals surface area contributed by atoms with Gasteiger partial charge in [0.25, 0.3) is 0 Å². The van der Waals surface area contributed by atoms with Crippen LogP contribution in [-0.4, -0.2) is 19.2 Å². The highest BCUT2D eigenvalue weighted by Crippen LogP contribution is 2.13. The summed E-state index contributed by atoms with van der Waals surface area (Å²) in [5.41, 5.74) is 4.46. The van der Waals surface area contributed by atoms with E-state index in [1.165, 1.54) is 5.56 Å². The Morgan fingerprint density at radius 3 is 2.65 bits per heavy atom. The van der Waals surface area contributed by atoms with E-state index in [0.29, 0.717) is 11.4 Å². The van der Waals surface area contributed by atoms with E-state index in [-0.39, 0.29) is 5.91 Å². The molecular weight excluding hydrogens is 312 g/mol. The first-order valence-corrected chi connectivity index (χ1v) is 7.76. The molecule has 0 aliphatic carbocycles. The van der Waals surface area contributed by atoms with Gasteiger partial charge in [-0.3, -0.25) is 4.79 Å². The molecule has 4 nitrogen and oxygen atoms in total. The van der Waals surface area contributed by atoms with Gasteiger partial charge in [0.15, 0.2) is 0 Å². The molecule has 5 heteroatoms. The number of hydrogen-bond donors (Lipinski definition) is 1. The molecule has 0 bridgehead atoms. The minimum absolute atomic E-state index is 0.109. The Bertz CT molecular complexity index is 669. The molecule has 0 aliphatic rings. The molecule has 120 valence electrons. The first kappa shape index (κ1) is 17.0. The molecule has 1 amide bonds. The second-order valence-electron chi connectivity index (χ2n) is 5.02. The highest BCUT2D eigenvalue weighted by molar-refractivity contribution is 6.33. The predicted octanol–water partition coefficient (Wildman–Crippen LogP) is 3.82. The zero-order chi connectivity index (χ0) is 16.5. The number of nitrogens with zero attached hydrogens (tertiary/aromatic N) is 1. The van der Waals surface area contributed by atoms with E-state index in [0.717, 1.165) is 24.2 Å². The highest BCUT2D eigenvalue weighted by Gasteiger charge is 2.01. The summed E-state index contributed by atoms with van der Waals surface area (Å²) in [5.74, 6) is 0.724. The Morgan fingerprint density at radius 2 is 1.96 bits per heavy atom. The molecule has 2 aromatic rings. The molecule has 2 aromatic carbocycles. The van der Waals surface area contributed by atoms with Crippen LogP contribution in [-0.2, 0) is 11.2 Å². The van der Waals surface area contributed by atoms with Crippen molar-refractivity contribution in [1.29, 1.82) is 0 Å². The zero-order valence-corrected chi connectivity index (χ0v) is 13.7. The first-order valence-electron chi connectivity index (χ1n) is 7.38. The van der Waals surface area contributed by atoms with Crippen molar-refractivity contribution in [2.24, 2.45) is 5.10 Å². The molecule has 0 atom stereocenters.